The number of nitrogens with zero attached hydrogens (tertiary/aromatic N) is 5. The van der Waals surface area contributed by atoms with Crippen molar-refractivity contribution >= 4 is 56.1 Å². The molecule has 5 aliphatic heterocycles. The normalized spacial score (nSPS) is 21.3. The van der Waals surface area contributed by atoms with Crippen molar-refractivity contribution in [3.63, 3.8) is 0 Å². The van der Waals surface area contributed by atoms with Gasteiger partial charge in [0, 0.05) is 80.2 Å². The third-order valence-corrected chi connectivity index (χ3v) is 15.6. The number of imide groups is 1. The molecular formula is C48H48F4N8O6S. The summed E-state index contributed by atoms with van der Waals surface area (Å²) in [6, 6.07) is 13.5. The topological polar surface area (TPSA) is 168 Å². The maximum atomic E-state index is 15.9. The van der Waals surface area contributed by atoms with Crippen molar-refractivity contribution in [2.45, 2.75) is 69.6 Å². The Hall–Kier alpha value is -6.18. The van der Waals surface area contributed by atoms with Crippen molar-refractivity contribution in [2.24, 2.45) is 5.92 Å². The van der Waals surface area contributed by atoms with Crippen LogP contribution < -0.4 is 14.9 Å². The number of nitrogens with one attached hydrogen (secondary N) is 3. The number of amides is 3. The van der Waals surface area contributed by atoms with Gasteiger partial charge in [-0.25, -0.2) is 22.5 Å². The van der Waals surface area contributed by atoms with Crippen molar-refractivity contribution in [1.29, 1.82) is 0 Å². The minimum atomic E-state index is -4.39. The van der Waals surface area contributed by atoms with Crippen LogP contribution in [0.25, 0.3) is 22.2 Å². The molecule has 0 radical (unpaired) electrons. The third kappa shape index (κ3) is 8.68. The van der Waals surface area contributed by atoms with Gasteiger partial charge in [0.2, 0.25) is 17.6 Å². The standard InChI is InChI=1S/C48H48F4N8O6S/c49-33-13-18-59(26-33)67(65,66)56-39-5-4-37(50)43(44(39)52)45(62)36-23-54-46-35(36)20-31(22-53-46)30-2-6-40(38(51)21-30)58-16-9-27(10-17-58)24-57-14-11-28(12-15-57)29-1-3-34-32(19-29)25-60(48(34)64)41-7-8-42(61)55-47(41)63/h1-6,19-23,27-28,33,41,56H,7-18,24-26H2,(H,53,54)(H,55,61,63)/t33-,41-/m1/s1. The number of rotatable bonds is 11. The molecule has 19 heteroatoms. The van der Waals surface area contributed by atoms with Crippen molar-refractivity contribution in [3.8, 4) is 11.1 Å². The Balaban J connectivity index is 0.743. The van der Waals surface area contributed by atoms with Gasteiger partial charge in [0.05, 0.1) is 16.9 Å². The van der Waals surface area contributed by atoms with E-state index in [9.17, 15) is 32.0 Å². The number of carbonyl (C=O) groups excluding carboxylic acids is 4. The summed E-state index contributed by atoms with van der Waals surface area (Å²) < 4.78 is 89.0. The van der Waals surface area contributed by atoms with Gasteiger partial charge in [-0.3, -0.25) is 29.2 Å². The van der Waals surface area contributed by atoms with Gasteiger partial charge in [-0.15, -0.1) is 0 Å². The zero-order valence-corrected chi connectivity index (χ0v) is 37.2. The van der Waals surface area contributed by atoms with Gasteiger partial charge >= 0.3 is 10.2 Å². The van der Waals surface area contributed by atoms with Gasteiger partial charge < -0.3 is 19.7 Å². The zero-order chi connectivity index (χ0) is 46.7. The fourth-order valence-electron chi connectivity index (χ4n) is 10.4. The van der Waals surface area contributed by atoms with Crippen LogP contribution in [0.1, 0.15) is 88.3 Å². The number of halogens is 4. The van der Waals surface area contributed by atoms with Crippen LogP contribution in [0.2, 0.25) is 0 Å². The second-order valence-corrected chi connectivity index (χ2v) is 19.9. The molecule has 0 spiro atoms. The van der Waals surface area contributed by atoms with E-state index in [0.29, 0.717) is 60.3 Å². The van der Waals surface area contributed by atoms with E-state index in [2.05, 4.69) is 26.3 Å². The summed E-state index contributed by atoms with van der Waals surface area (Å²) in [6.45, 7) is 4.08. The molecule has 0 aliphatic carbocycles. The molecule has 3 amide bonds. The number of likely N-dealkylation sites (tertiary alicyclic amines) is 1. The number of fused-ring (bicyclic) bond motifs is 2. The molecule has 5 aliphatic rings. The van der Waals surface area contributed by atoms with Crippen molar-refractivity contribution in [3.05, 3.63) is 112 Å². The first-order valence-corrected chi connectivity index (χ1v) is 24.1. The van der Waals surface area contributed by atoms with Gasteiger partial charge in [-0.2, -0.15) is 12.7 Å². The monoisotopic (exact) mass is 940 g/mol. The van der Waals surface area contributed by atoms with Gasteiger partial charge in [-0.05, 0) is 117 Å². The predicted molar refractivity (Wildman–Crippen MR) is 241 cm³/mol. The number of aromatic nitrogens is 2. The Morgan fingerprint density at radius 3 is 2.37 bits per heavy atom. The lowest BCUT2D eigenvalue weighted by Gasteiger charge is -2.38. The number of pyridine rings is 1. The van der Waals surface area contributed by atoms with Crippen LogP contribution in [0.3, 0.4) is 0 Å². The molecule has 4 saturated heterocycles. The number of aromatic amines is 1. The molecule has 2 aromatic heterocycles. The van der Waals surface area contributed by atoms with Crippen LogP contribution in [0.4, 0.5) is 28.9 Å². The number of carbonyl (C=O) groups is 4. The highest BCUT2D eigenvalue weighted by Crippen LogP contribution is 2.36. The summed E-state index contributed by atoms with van der Waals surface area (Å²) in [5, 5.41) is 2.57. The lowest BCUT2D eigenvalue weighted by Crippen LogP contribution is -2.52. The zero-order valence-electron chi connectivity index (χ0n) is 36.4. The fourth-order valence-corrected chi connectivity index (χ4v) is 11.7. The summed E-state index contributed by atoms with van der Waals surface area (Å²) in [5.41, 5.74) is 2.60. The number of alkyl halides is 1. The molecule has 2 atom stereocenters. The molecule has 0 bridgehead atoms. The van der Waals surface area contributed by atoms with Gasteiger partial charge in [0.1, 0.15) is 29.5 Å². The molecule has 0 unspecified atom stereocenters. The minimum Gasteiger partial charge on any atom is -0.369 e. The molecule has 14 nitrogen and oxygen atoms in total. The highest BCUT2D eigenvalue weighted by Gasteiger charge is 2.40. The van der Waals surface area contributed by atoms with Crippen LogP contribution in [0.15, 0.2) is 67.0 Å². The fraction of sp³-hybridized carbons (Fsp3) is 0.396. The molecule has 0 saturated carbocycles. The van der Waals surface area contributed by atoms with Crippen LogP contribution in [-0.4, -0.2) is 114 Å². The number of hydrogen-bond acceptors (Lipinski definition) is 9. The number of ketones is 1. The molecule has 5 aromatic rings. The van der Waals surface area contributed by atoms with Crippen molar-refractivity contribution < 1.29 is 45.2 Å². The number of H-pyrrole nitrogens is 1. The largest absolute Gasteiger partial charge is 0.369 e. The molecule has 7 heterocycles. The average molecular weight is 941 g/mol. The van der Waals surface area contributed by atoms with E-state index >= 15 is 13.2 Å². The Morgan fingerprint density at radius 1 is 0.851 bits per heavy atom. The van der Waals surface area contributed by atoms with E-state index in [-0.39, 0.29) is 47.8 Å². The maximum absolute atomic E-state index is 15.9. The predicted octanol–water partition coefficient (Wildman–Crippen LogP) is 6.44. The number of hydrogen-bond donors (Lipinski definition) is 3. The number of piperidine rings is 3. The van der Waals surface area contributed by atoms with Gasteiger partial charge in [0.15, 0.2) is 5.82 Å². The Bertz CT molecular complexity index is 2930. The second-order valence-electron chi connectivity index (χ2n) is 18.3. The van der Waals surface area contributed by atoms with Crippen LogP contribution in [-0.2, 0) is 26.3 Å². The average Bonchev–Trinajstić information content (AvgIpc) is 4.04. The first-order valence-electron chi connectivity index (χ1n) is 22.7. The summed E-state index contributed by atoms with van der Waals surface area (Å²) >= 11 is 0. The van der Waals surface area contributed by atoms with E-state index in [4.69, 9.17) is 0 Å². The first-order chi connectivity index (χ1) is 32.2. The van der Waals surface area contributed by atoms with E-state index < -0.39 is 69.4 Å². The molecule has 4 fully saturated rings. The summed E-state index contributed by atoms with van der Waals surface area (Å²) in [6.07, 6.45) is 5.71. The molecule has 67 heavy (non-hydrogen) atoms. The first kappa shape index (κ1) is 44.6. The van der Waals surface area contributed by atoms with E-state index in [1.807, 2.05) is 21.8 Å². The van der Waals surface area contributed by atoms with Crippen LogP contribution in [0, 0.1) is 23.4 Å². The summed E-state index contributed by atoms with van der Waals surface area (Å²) in [7, 11) is -4.39. The van der Waals surface area contributed by atoms with Crippen molar-refractivity contribution in [1.82, 2.24) is 29.4 Å². The Morgan fingerprint density at radius 2 is 1.64 bits per heavy atom. The van der Waals surface area contributed by atoms with E-state index in [0.717, 1.165) is 67.3 Å². The number of benzene rings is 3. The van der Waals surface area contributed by atoms with Gasteiger partial charge in [0.25, 0.3) is 5.91 Å². The lowest BCUT2D eigenvalue weighted by atomic mass is 9.87. The van der Waals surface area contributed by atoms with Gasteiger partial charge in [-0.1, -0.05) is 18.2 Å². The molecule has 10 rings (SSSR count). The lowest BCUT2D eigenvalue weighted by molar-refractivity contribution is -0.136. The molecule has 350 valence electrons. The quantitative estimate of drug-likeness (QED) is 0.0768. The Labute approximate surface area is 383 Å². The highest BCUT2D eigenvalue weighted by molar-refractivity contribution is 7.90. The minimum absolute atomic E-state index is 0.0165. The van der Waals surface area contributed by atoms with Crippen molar-refractivity contribution in [2.75, 3.05) is 55.4 Å². The van der Waals surface area contributed by atoms with Crippen LogP contribution >= 0.6 is 0 Å². The summed E-state index contributed by atoms with van der Waals surface area (Å²) in [4.78, 5) is 64.4. The molecule has 3 aromatic carbocycles. The maximum Gasteiger partial charge on any atom is 0.301 e. The number of anilines is 2. The third-order valence-electron chi connectivity index (χ3n) is 14.1. The summed E-state index contributed by atoms with van der Waals surface area (Å²) in [5.74, 6) is -4.20. The van der Waals surface area contributed by atoms with E-state index in [1.165, 1.54) is 24.0 Å². The SMILES string of the molecule is O=C1CC[C@@H](N2Cc3cc(C4CCN(CC5CCN(c6ccc(-c7cnc8[nH]cc(C(=O)c9c(F)ccc(NS(=O)(=O)N%10CC[C@@H](F)C%10)c9F)c8c7)cc6F)CC5)CC4)ccc3C2=O)C(=O)N1. The molecular weight excluding hydrogens is 893 g/mol. The smallest absolute Gasteiger partial charge is 0.301 e. The van der Waals surface area contributed by atoms with Crippen LogP contribution in [0.5, 0.6) is 0 Å². The Kier molecular flexibility index (Phi) is 11.9. The highest BCUT2D eigenvalue weighted by atomic mass is 32.2. The van der Waals surface area contributed by atoms with E-state index in [1.54, 1.807) is 23.1 Å². The second kappa shape index (κ2) is 17.8. The molecule has 3 N–H and O–H groups in total.